The van der Waals surface area contributed by atoms with Crippen LogP contribution in [0.3, 0.4) is 0 Å². The molecule has 0 unspecified atom stereocenters. The Morgan fingerprint density at radius 3 is 2.56 bits per heavy atom. The van der Waals surface area contributed by atoms with Gasteiger partial charge in [0.1, 0.15) is 5.75 Å². The van der Waals surface area contributed by atoms with Gasteiger partial charge in [0.2, 0.25) is 5.88 Å². The summed E-state index contributed by atoms with van der Waals surface area (Å²) in [5.41, 5.74) is 7.47. The third kappa shape index (κ3) is 2.38. The normalized spacial score (nSPS) is 10.1. The predicted octanol–water partition coefficient (Wildman–Crippen LogP) is 2.64. The van der Waals surface area contributed by atoms with E-state index in [9.17, 15) is 0 Å². The minimum absolute atomic E-state index is 0.426. The molecule has 0 saturated heterocycles. The van der Waals surface area contributed by atoms with E-state index in [1.54, 1.807) is 0 Å². The van der Waals surface area contributed by atoms with Gasteiger partial charge < -0.3 is 10.5 Å². The molecule has 0 aliphatic carbocycles. The molecule has 82 valence electrons. The first kappa shape index (κ1) is 10.6. The quantitative estimate of drug-likeness (QED) is 0.854. The van der Waals surface area contributed by atoms with Crippen molar-refractivity contribution in [1.29, 1.82) is 0 Å². The highest BCUT2D eigenvalue weighted by molar-refractivity contribution is 5.33. The van der Waals surface area contributed by atoms with Gasteiger partial charge in [-0.2, -0.15) is 0 Å². The van der Waals surface area contributed by atoms with Crippen LogP contribution in [-0.2, 0) is 6.54 Å². The van der Waals surface area contributed by atoms with E-state index in [1.165, 1.54) is 0 Å². The minimum Gasteiger partial charge on any atom is -0.439 e. The molecule has 3 heteroatoms. The van der Waals surface area contributed by atoms with E-state index in [4.69, 9.17) is 10.5 Å². The van der Waals surface area contributed by atoms with Crippen LogP contribution in [0.15, 0.2) is 42.5 Å². The van der Waals surface area contributed by atoms with Crippen molar-refractivity contribution >= 4 is 0 Å². The maximum absolute atomic E-state index is 5.69. The molecule has 0 spiro atoms. The molecule has 0 amide bonds. The Morgan fingerprint density at radius 2 is 1.88 bits per heavy atom. The number of rotatable bonds is 3. The first-order chi connectivity index (χ1) is 7.79. The lowest BCUT2D eigenvalue weighted by atomic mass is 10.2. The lowest BCUT2D eigenvalue weighted by Gasteiger charge is -2.09. The van der Waals surface area contributed by atoms with E-state index in [0.29, 0.717) is 12.4 Å². The molecule has 3 nitrogen and oxygen atoms in total. The molecule has 2 rings (SSSR count). The molecule has 2 aromatic rings. The van der Waals surface area contributed by atoms with Gasteiger partial charge >= 0.3 is 0 Å². The van der Waals surface area contributed by atoms with Crippen LogP contribution in [-0.4, -0.2) is 4.98 Å². The van der Waals surface area contributed by atoms with Gasteiger partial charge in [0, 0.05) is 17.8 Å². The number of hydrogen-bond acceptors (Lipinski definition) is 3. The SMILES string of the molecule is Cc1ccc(CN)c(Oc2ccccc2)n1. The van der Waals surface area contributed by atoms with Gasteiger partial charge in [-0.25, -0.2) is 4.98 Å². The van der Waals surface area contributed by atoms with Gasteiger partial charge in [-0.15, -0.1) is 0 Å². The average Bonchev–Trinajstić information content (AvgIpc) is 2.31. The van der Waals surface area contributed by atoms with E-state index in [-0.39, 0.29) is 0 Å². The zero-order chi connectivity index (χ0) is 11.4. The maximum atomic E-state index is 5.69. The second kappa shape index (κ2) is 4.77. The molecule has 1 heterocycles. The molecule has 0 atom stereocenters. The van der Waals surface area contributed by atoms with Crippen LogP contribution < -0.4 is 10.5 Å². The van der Waals surface area contributed by atoms with Gasteiger partial charge in [0.15, 0.2) is 0 Å². The molecule has 2 N–H and O–H groups in total. The Labute approximate surface area is 94.9 Å². The Balaban J connectivity index is 2.30. The van der Waals surface area contributed by atoms with Gasteiger partial charge in [-0.1, -0.05) is 24.3 Å². The van der Waals surface area contributed by atoms with Crippen molar-refractivity contribution < 1.29 is 4.74 Å². The molecular weight excluding hydrogens is 200 g/mol. The number of aromatic nitrogens is 1. The summed E-state index contributed by atoms with van der Waals surface area (Å²) < 4.78 is 5.69. The van der Waals surface area contributed by atoms with Crippen LogP contribution in [0.25, 0.3) is 0 Å². The number of para-hydroxylation sites is 1. The third-order valence-electron chi connectivity index (χ3n) is 2.26. The molecule has 0 fully saturated rings. The Morgan fingerprint density at radius 1 is 1.12 bits per heavy atom. The van der Waals surface area contributed by atoms with Crippen molar-refractivity contribution in [1.82, 2.24) is 4.98 Å². The highest BCUT2D eigenvalue weighted by Gasteiger charge is 2.05. The van der Waals surface area contributed by atoms with Crippen LogP contribution in [0, 0.1) is 6.92 Å². The average molecular weight is 214 g/mol. The smallest absolute Gasteiger partial charge is 0.223 e. The molecule has 1 aromatic carbocycles. The van der Waals surface area contributed by atoms with Gasteiger partial charge in [-0.05, 0) is 25.1 Å². The van der Waals surface area contributed by atoms with E-state index >= 15 is 0 Å². The van der Waals surface area contributed by atoms with Crippen molar-refractivity contribution in [2.45, 2.75) is 13.5 Å². The number of nitrogens with two attached hydrogens (primary N) is 1. The number of benzene rings is 1. The Bertz CT molecular complexity index is 469. The van der Waals surface area contributed by atoms with Crippen LogP contribution in [0.5, 0.6) is 11.6 Å². The van der Waals surface area contributed by atoms with E-state index in [0.717, 1.165) is 17.0 Å². The van der Waals surface area contributed by atoms with Crippen LogP contribution in [0.2, 0.25) is 0 Å². The van der Waals surface area contributed by atoms with Crippen molar-refractivity contribution in [2.75, 3.05) is 0 Å². The van der Waals surface area contributed by atoms with Crippen LogP contribution in [0.4, 0.5) is 0 Å². The second-order valence-corrected chi connectivity index (χ2v) is 3.54. The van der Waals surface area contributed by atoms with Crippen molar-refractivity contribution in [3.05, 3.63) is 53.7 Å². The summed E-state index contributed by atoms with van der Waals surface area (Å²) in [5.74, 6) is 1.36. The van der Waals surface area contributed by atoms with Crippen molar-refractivity contribution in [2.24, 2.45) is 5.73 Å². The summed E-state index contributed by atoms with van der Waals surface area (Å²) in [5, 5.41) is 0. The summed E-state index contributed by atoms with van der Waals surface area (Å²) in [4.78, 5) is 4.34. The third-order valence-corrected chi connectivity index (χ3v) is 2.26. The predicted molar refractivity (Wildman–Crippen MR) is 63.4 cm³/mol. The number of aryl methyl sites for hydroxylation is 1. The summed E-state index contributed by atoms with van der Waals surface area (Å²) in [6.07, 6.45) is 0. The lowest BCUT2D eigenvalue weighted by molar-refractivity contribution is 0.455. The fraction of sp³-hybridized carbons (Fsp3) is 0.154. The zero-order valence-electron chi connectivity index (χ0n) is 9.18. The molecule has 16 heavy (non-hydrogen) atoms. The molecular formula is C13H14N2O. The zero-order valence-corrected chi connectivity index (χ0v) is 9.18. The summed E-state index contributed by atoms with van der Waals surface area (Å²) in [6.45, 7) is 2.35. The first-order valence-corrected chi connectivity index (χ1v) is 5.19. The minimum atomic E-state index is 0.426. The summed E-state index contributed by atoms with van der Waals surface area (Å²) in [6, 6.07) is 13.5. The van der Waals surface area contributed by atoms with E-state index < -0.39 is 0 Å². The van der Waals surface area contributed by atoms with E-state index in [1.807, 2.05) is 49.4 Å². The highest BCUT2D eigenvalue weighted by Crippen LogP contribution is 2.22. The van der Waals surface area contributed by atoms with Crippen molar-refractivity contribution in [3.8, 4) is 11.6 Å². The molecule has 0 radical (unpaired) electrons. The largest absolute Gasteiger partial charge is 0.439 e. The lowest BCUT2D eigenvalue weighted by Crippen LogP contribution is -2.01. The summed E-state index contributed by atoms with van der Waals surface area (Å²) >= 11 is 0. The molecule has 0 bridgehead atoms. The fourth-order valence-electron chi connectivity index (χ4n) is 1.41. The van der Waals surface area contributed by atoms with E-state index in [2.05, 4.69) is 4.98 Å². The first-order valence-electron chi connectivity index (χ1n) is 5.19. The summed E-state index contributed by atoms with van der Waals surface area (Å²) in [7, 11) is 0. The topological polar surface area (TPSA) is 48.1 Å². The maximum Gasteiger partial charge on any atom is 0.223 e. The van der Waals surface area contributed by atoms with Crippen LogP contribution in [0.1, 0.15) is 11.3 Å². The Kier molecular flexibility index (Phi) is 3.17. The number of ether oxygens (including phenoxy) is 1. The van der Waals surface area contributed by atoms with Gasteiger partial charge in [-0.3, -0.25) is 0 Å². The van der Waals surface area contributed by atoms with Crippen molar-refractivity contribution in [3.63, 3.8) is 0 Å². The Hall–Kier alpha value is -1.87. The molecule has 1 aromatic heterocycles. The molecule has 0 aliphatic heterocycles. The molecule has 0 aliphatic rings. The number of hydrogen-bond donors (Lipinski definition) is 1. The number of pyridine rings is 1. The van der Waals surface area contributed by atoms with Gasteiger partial charge in [0.05, 0.1) is 0 Å². The monoisotopic (exact) mass is 214 g/mol. The second-order valence-electron chi connectivity index (χ2n) is 3.54. The fourth-order valence-corrected chi connectivity index (χ4v) is 1.41. The standard InChI is InChI=1S/C13H14N2O/c1-10-7-8-11(9-14)13(15-10)16-12-5-3-2-4-6-12/h2-8H,9,14H2,1H3. The van der Waals surface area contributed by atoms with Crippen LogP contribution >= 0.6 is 0 Å². The molecule has 0 saturated carbocycles. The van der Waals surface area contributed by atoms with Gasteiger partial charge in [0.25, 0.3) is 0 Å². The number of nitrogens with zero attached hydrogens (tertiary/aromatic N) is 1. The highest BCUT2D eigenvalue weighted by atomic mass is 16.5.